The topological polar surface area (TPSA) is 17.8 Å². The van der Waals surface area contributed by atoms with Gasteiger partial charge in [0.25, 0.3) is 0 Å². The minimum absolute atomic E-state index is 1.09. The van der Waals surface area contributed by atoms with E-state index in [1.807, 2.05) is 16.0 Å². The van der Waals surface area contributed by atoms with Gasteiger partial charge in [-0.2, -0.15) is 0 Å². The zero-order valence-electron chi connectivity index (χ0n) is 14.5. The normalized spacial score (nSPS) is 11.2. The minimum Gasteiger partial charge on any atom is -0.270 e. The number of hydrogen-bond acceptors (Lipinski definition) is 1. The summed E-state index contributed by atoms with van der Waals surface area (Å²) in [7, 11) is 0. The molecule has 0 saturated heterocycles. The molecule has 0 amide bonds. The Kier molecular flexibility index (Phi) is 12.8. The zero-order valence-corrected chi connectivity index (χ0v) is 16.1. The summed E-state index contributed by atoms with van der Waals surface area (Å²) < 4.78 is 1.95. The highest BCUT2D eigenvalue weighted by atomic mass is 79.9. The Labute approximate surface area is 146 Å². The highest BCUT2D eigenvalue weighted by molar-refractivity contribution is 9.08. The maximum absolute atomic E-state index is 4.33. The molecule has 0 radical (unpaired) electrons. The molecule has 1 aromatic heterocycles. The highest BCUT2D eigenvalue weighted by Crippen LogP contribution is 2.14. The van der Waals surface area contributed by atoms with Gasteiger partial charge in [-0.05, 0) is 6.42 Å². The number of halogens is 1. The average molecular weight is 371 g/mol. The Bertz CT molecular complexity index is 349. The first-order valence-corrected chi connectivity index (χ1v) is 10.2. The van der Waals surface area contributed by atoms with Gasteiger partial charge in [-0.15, -0.1) is 0 Å². The number of aromatic nitrogens is 2. The second-order valence-corrected chi connectivity index (χ2v) is 7.27. The van der Waals surface area contributed by atoms with Crippen LogP contribution in [0.4, 0.5) is 0 Å². The molecule has 3 heteroatoms. The fourth-order valence-corrected chi connectivity index (χ4v) is 3.34. The second kappa shape index (κ2) is 14.3. The van der Waals surface area contributed by atoms with Gasteiger partial charge >= 0.3 is 0 Å². The third-order valence-corrected chi connectivity index (χ3v) is 5.07. The van der Waals surface area contributed by atoms with Crippen LogP contribution in [0.5, 0.6) is 0 Å². The van der Waals surface area contributed by atoms with Crippen LogP contribution >= 0.6 is 16.1 Å². The van der Waals surface area contributed by atoms with Crippen molar-refractivity contribution >= 4 is 16.1 Å². The molecule has 128 valence electrons. The molecule has 0 unspecified atom stereocenters. The van der Waals surface area contributed by atoms with Crippen LogP contribution in [0, 0.1) is 0 Å². The molecule has 0 spiro atoms. The van der Waals surface area contributed by atoms with Gasteiger partial charge in [0.05, 0.1) is 16.1 Å². The van der Waals surface area contributed by atoms with Crippen LogP contribution in [0.25, 0.3) is 0 Å². The van der Waals surface area contributed by atoms with Crippen LogP contribution in [0.3, 0.4) is 0 Å². The lowest BCUT2D eigenvalue weighted by Gasteiger charge is -2.03. The summed E-state index contributed by atoms with van der Waals surface area (Å²) in [4.78, 5) is 4.33. The first-order valence-electron chi connectivity index (χ1n) is 9.53. The average Bonchev–Trinajstić information content (AvgIpc) is 2.93. The fourth-order valence-electron chi connectivity index (χ4n) is 2.97. The Morgan fingerprint density at radius 2 is 1.23 bits per heavy atom. The van der Waals surface area contributed by atoms with Crippen LogP contribution < -0.4 is 0 Å². The molecule has 1 aromatic rings. The molecular formula is C19H35BrN2. The first kappa shape index (κ1) is 19.7. The number of unbranched alkanes of at least 4 members (excludes halogenated alkanes) is 13. The summed E-state index contributed by atoms with van der Waals surface area (Å²) >= 11 is 3.46. The van der Waals surface area contributed by atoms with Gasteiger partial charge in [-0.3, -0.25) is 3.59 Å². The molecule has 0 aliphatic rings. The summed E-state index contributed by atoms with van der Waals surface area (Å²) in [6.45, 7) is 2.29. The molecule has 0 N–H and O–H groups in total. The maximum atomic E-state index is 4.33. The van der Waals surface area contributed by atoms with E-state index in [1.165, 1.54) is 89.9 Å². The Balaban J connectivity index is 1.74. The molecule has 0 atom stereocenters. The van der Waals surface area contributed by atoms with Gasteiger partial charge in [-0.1, -0.05) is 90.4 Å². The number of hydrogen-bond donors (Lipinski definition) is 0. The van der Waals surface area contributed by atoms with Gasteiger partial charge < -0.3 is 0 Å². The van der Waals surface area contributed by atoms with Crippen LogP contribution in [-0.2, 0) is 6.42 Å². The quantitative estimate of drug-likeness (QED) is 0.302. The van der Waals surface area contributed by atoms with Crippen molar-refractivity contribution in [2.75, 3.05) is 0 Å². The van der Waals surface area contributed by atoms with Crippen molar-refractivity contribution in [2.45, 2.75) is 103 Å². The molecule has 0 aliphatic heterocycles. The van der Waals surface area contributed by atoms with E-state index < -0.39 is 0 Å². The molecular weight excluding hydrogens is 336 g/mol. The van der Waals surface area contributed by atoms with E-state index in [0.29, 0.717) is 0 Å². The summed E-state index contributed by atoms with van der Waals surface area (Å²) in [6.07, 6.45) is 24.7. The van der Waals surface area contributed by atoms with Crippen molar-refractivity contribution in [3.8, 4) is 0 Å². The predicted molar refractivity (Wildman–Crippen MR) is 101 cm³/mol. The molecule has 0 aliphatic carbocycles. The van der Waals surface area contributed by atoms with Crippen molar-refractivity contribution in [1.29, 1.82) is 0 Å². The Morgan fingerprint density at radius 1 is 0.773 bits per heavy atom. The van der Waals surface area contributed by atoms with Crippen LogP contribution in [0.15, 0.2) is 12.4 Å². The van der Waals surface area contributed by atoms with E-state index in [9.17, 15) is 0 Å². The molecule has 0 saturated carbocycles. The maximum Gasteiger partial charge on any atom is 0.118 e. The molecule has 0 aromatic carbocycles. The smallest absolute Gasteiger partial charge is 0.118 e. The van der Waals surface area contributed by atoms with Crippen molar-refractivity contribution in [1.82, 2.24) is 8.58 Å². The van der Waals surface area contributed by atoms with E-state index in [1.54, 1.807) is 0 Å². The third kappa shape index (κ3) is 10.4. The number of rotatable bonds is 15. The van der Waals surface area contributed by atoms with Crippen molar-refractivity contribution in [3.63, 3.8) is 0 Å². The van der Waals surface area contributed by atoms with Crippen molar-refractivity contribution < 1.29 is 0 Å². The van der Waals surface area contributed by atoms with E-state index in [4.69, 9.17) is 0 Å². The lowest BCUT2D eigenvalue weighted by atomic mass is 10.0. The summed E-state index contributed by atoms with van der Waals surface area (Å²) in [5.74, 6) is 1.15. The molecule has 1 rings (SSSR count). The van der Waals surface area contributed by atoms with Crippen LogP contribution in [0.2, 0.25) is 0 Å². The van der Waals surface area contributed by atoms with Crippen LogP contribution in [-0.4, -0.2) is 8.58 Å². The largest absolute Gasteiger partial charge is 0.270 e. The van der Waals surface area contributed by atoms with Gasteiger partial charge in [0.1, 0.15) is 5.82 Å². The summed E-state index contributed by atoms with van der Waals surface area (Å²) in [5.41, 5.74) is 0. The van der Waals surface area contributed by atoms with Gasteiger partial charge in [0.2, 0.25) is 0 Å². The predicted octanol–water partition coefficient (Wildman–Crippen LogP) is 7.06. The third-order valence-electron chi connectivity index (χ3n) is 4.42. The van der Waals surface area contributed by atoms with Crippen LogP contribution in [0.1, 0.15) is 103 Å². The molecule has 0 bridgehead atoms. The molecule has 0 fully saturated rings. The zero-order chi connectivity index (χ0) is 15.9. The van der Waals surface area contributed by atoms with Gasteiger partial charge in [-0.25, -0.2) is 4.98 Å². The SMILES string of the molecule is CCCCCCCCCCCCCCCCc1nccn1Br. The second-order valence-electron chi connectivity index (χ2n) is 6.50. The lowest BCUT2D eigenvalue weighted by molar-refractivity contribution is 0.534. The summed E-state index contributed by atoms with van der Waals surface area (Å²) in [5, 5.41) is 0. The Hall–Kier alpha value is -0.310. The monoisotopic (exact) mass is 370 g/mol. The van der Waals surface area contributed by atoms with Gasteiger partial charge in [0, 0.05) is 18.8 Å². The number of imidazole rings is 1. The minimum atomic E-state index is 1.09. The van der Waals surface area contributed by atoms with Crippen molar-refractivity contribution in [3.05, 3.63) is 18.2 Å². The van der Waals surface area contributed by atoms with E-state index in [-0.39, 0.29) is 0 Å². The van der Waals surface area contributed by atoms with E-state index >= 15 is 0 Å². The van der Waals surface area contributed by atoms with E-state index in [2.05, 4.69) is 28.1 Å². The van der Waals surface area contributed by atoms with E-state index in [0.717, 1.165) is 12.2 Å². The Morgan fingerprint density at radius 3 is 1.64 bits per heavy atom. The van der Waals surface area contributed by atoms with Gasteiger partial charge in [0.15, 0.2) is 0 Å². The number of aryl methyl sites for hydroxylation is 1. The standard InChI is InChI=1S/C19H35BrN2/c1-2-3-4-5-6-7-8-9-10-11-12-13-14-15-16-19-21-17-18-22(19)20/h17-18H,2-16H2,1H3. The van der Waals surface area contributed by atoms with Crippen molar-refractivity contribution in [2.24, 2.45) is 0 Å². The molecule has 2 nitrogen and oxygen atoms in total. The fraction of sp³-hybridized carbons (Fsp3) is 0.842. The summed E-state index contributed by atoms with van der Waals surface area (Å²) in [6, 6.07) is 0. The first-order chi connectivity index (χ1) is 10.8. The highest BCUT2D eigenvalue weighted by Gasteiger charge is 1.99. The lowest BCUT2D eigenvalue weighted by Crippen LogP contribution is -1.92. The molecule has 22 heavy (non-hydrogen) atoms. The number of nitrogens with zero attached hydrogens (tertiary/aromatic N) is 2. The molecule has 1 heterocycles.